The van der Waals surface area contributed by atoms with E-state index in [-0.39, 0.29) is 29.8 Å². The number of aliphatic imine (C=N–C) groups is 1. The van der Waals surface area contributed by atoms with Crippen LogP contribution in [-0.4, -0.2) is 33.6 Å². The Balaban J connectivity index is 1.82. The van der Waals surface area contributed by atoms with Gasteiger partial charge in [-0.3, -0.25) is 14.6 Å². The van der Waals surface area contributed by atoms with E-state index in [0.29, 0.717) is 54.0 Å². The number of hydrogen-bond donors (Lipinski definition) is 1. The molecule has 0 aliphatic heterocycles. The van der Waals surface area contributed by atoms with Crippen LogP contribution in [0.3, 0.4) is 0 Å². The molecule has 6 nitrogen and oxygen atoms in total. The van der Waals surface area contributed by atoms with Crippen molar-refractivity contribution in [1.82, 2.24) is 5.16 Å². The lowest BCUT2D eigenvalue weighted by atomic mass is 9.88. The van der Waals surface area contributed by atoms with E-state index < -0.39 is 0 Å². The van der Waals surface area contributed by atoms with Crippen molar-refractivity contribution in [3.8, 4) is 0 Å². The fourth-order valence-electron chi connectivity index (χ4n) is 3.56. The highest BCUT2D eigenvalue weighted by molar-refractivity contribution is 6.24. The number of aliphatic hydroxyl groups excluding tert-OH is 1. The number of ketones is 2. The molecule has 0 saturated heterocycles. The van der Waals surface area contributed by atoms with E-state index in [9.17, 15) is 14.7 Å². The maximum Gasteiger partial charge on any atom is 0.168 e. The van der Waals surface area contributed by atoms with Crippen molar-refractivity contribution in [3.05, 3.63) is 28.3 Å². The largest absolute Gasteiger partial charge is 0.511 e. The van der Waals surface area contributed by atoms with Gasteiger partial charge in [-0.25, -0.2) is 0 Å². The Morgan fingerprint density at radius 1 is 1.19 bits per heavy atom. The Bertz CT molecular complexity index is 773. The van der Waals surface area contributed by atoms with E-state index in [2.05, 4.69) is 10.1 Å². The highest BCUT2D eigenvalue weighted by atomic mass is 16.5. The van der Waals surface area contributed by atoms with Gasteiger partial charge in [-0.05, 0) is 32.6 Å². The third-order valence-corrected chi connectivity index (χ3v) is 5.16. The average molecular weight is 358 g/mol. The first-order valence-corrected chi connectivity index (χ1v) is 9.54. The number of Topliss-reactive ketones (excluding diaryl/α,β-unsaturated/α-hetero) is 2. The van der Waals surface area contributed by atoms with Crippen molar-refractivity contribution < 1.29 is 19.2 Å². The minimum Gasteiger partial charge on any atom is -0.511 e. The molecule has 1 unspecified atom stereocenters. The van der Waals surface area contributed by atoms with Crippen LogP contribution in [0.25, 0.3) is 0 Å². The summed E-state index contributed by atoms with van der Waals surface area (Å²) < 4.78 is 5.29. The number of allylic oxidation sites excluding steroid dienone is 2. The van der Waals surface area contributed by atoms with Gasteiger partial charge in [-0.1, -0.05) is 12.1 Å². The standard InChI is InChI=1S/C20H26N2O4/c1-3-12(2)21-13-6-4-7-15(23)19(13)17(25)11-10-14-20-16(24)8-5-9-18(20)26-22-14/h12,25H,3-11H2,1-2H3/b19-17+,21-13?. The Morgan fingerprint density at radius 2 is 1.92 bits per heavy atom. The molecule has 1 fully saturated rings. The van der Waals surface area contributed by atoms with Gasteiger partial charge in [0.25, 0.3) is 0 Å². The predicted molar refractivity (Wildman–Crippen MR) is 97.8 cm³/mol. The molecule has 1 heterocycles. The number of fused-ring (bicyclic) bond motifs is 1. The fourth-order valence-corrected chi connectivity index (χ4v) is 3.56. The van der Waals surface area contributed by atoms with Crippen molar-refractivity contribution in [3.63, 3.8) is 0 Å². The van der Waals surface area contributed by atoms with Crippen molar-refractivity contribution in [2.45, 2.75) is 77.7 Å². The number of aryl methyl sites for hydroxylation is 2. The maximum absolute atomic E-state index is 12.4. The zero-order chi connectivity index (χ0) is 18.7. The second-order valence-corrected chi connectivity index (χ2v) is 7.14. The molecule has 2 aliphatic carbocycles. The topological polar surface area (TPSA) is 92.8 Å². The van der Waals surface area contributed by atoms with E-state index >= 15 is 0 Å². The summed E-state index contributed by atoms with van der Waals surface area (Å²) in [6.45, 7) is 4.06. The van der Waals surface area contributed by atoms with Gasteiger partial charge in [-0.2, -0.15) is 0 Å². The van der Waals surface area contributed by atoms with Crippen molar-refractivity contribution in [2.24, 2.45) is 4.99 Å². The Labute approximate surface area is 153 Å². The van der Waals surface area contributed by atoms with Crippen LogP contribution in [0, 0.1) is 0 Å². The fraction of sp³-hybridized carbons (Fsp3) is 0.600. The van der Waals surface area contributed by atoms with Gasteiger partial charge in [0.2, 0.25) is 0 Å². The lowest BCUT2D eigenvalue weighted by Crippen LogP contribution is -2.23. The lowest BCUT2D eigenvalue weighted by molar-refractivity contribution is -0.115. The molecule has 26 heavy (non-hydrogen) atoms. The minimum absolute atomic E-state index is 0.0472. The third-order valence-electron chi connectivity index (χ3n) is 5.16. The number of nitrogens with zero attached hydrogens (tertiary/aromatic N) is 2. The summed E-state index contributed by atoms with van der Waals surface area (Å²) in [5, 5.41) is 14.6. The molecule has 1 aromatic rings. The van der Waals surface area contributed by atoms with E-state index in [1.807, 2.05) is 13.8 Å². The highest BCUT2D eigenvalue weighted by Crippen LogP contribution is 2.27. The molecule has 140 valence electrons. The monoisotopic (exact) mass is 358 g/mol. The van der Waals surface area contributed by atoms with Gasteiger partial charge in [0, 0.05) is 43.9 Å². The number of aliphatic hydroxyl groups is 1. The molecule has 0 spiro atoms. The van der Waals surface area contributed by atoms with Crippen LogP contribution in [0.4, 0.5) is 0 Å². The first kappa shape index (κ1) is 18.5. The SMILES string of the molecule is CCC(C)N=C1CCCC(=O)/C1=C(/O)CCc1noc2c1C(=O)CCC2. The summed E-state index contributed by atoms with van der Waals surface area (Å²) in [6.07, 6.45) is 5.49. The second kappa shape index (κ2) is 7.98. The molecule has 0 aromatic carbocycles. The molecular formula is C20H26N2O4. The van der Waals surface area contributed by atoms with Gasteiger partial charge in [0.1, 0.15) is 11.5 Å². The molecule has 0 radical (unpaired) electrons. The number of hydrogen-bond acceptors (Lipinski definition) is 6. The second-order valence-electron chi connectivity index (χ2n) is 7.14. The van der Waals surface area contributed by atoms with Gasteiger partial charge >= 0.3 is 0 Å². The summed E-state index contributed by atoms with van der Waals surface area (Å²) in [5.41, 5.74) is 2.25. The van der Waals surface area contributed by atoms with E-state index in [1.165, 1.54) is 0 Å². The van der Waals surface area contributed by atoms with Crippen LogP contribution < -0.4 is 0 Å². The number of carbonyl (C=O) groups is 2. The van der Waals surface area contributed by atoms with Crippen LogP contribution in [0.5, 0.6) is 0 Å². The molecule has 1 atom stereocenters. The molecule has 0 bridgehead atoms. The van der Waals surface area contributed by atoms with Gasteiger partial charge < -0.3 is 9.63 Å². The van der Waals surface area contributed by atoms with Gasteiger partial charge in [0.15, 0.2) is 11.6 Å². The molecule has 1 N–H and O–H groups in total. The zero-order valence-electron chi connectivity index (χ0n) is 15.5. The van der Waals surface area contributed by atoms with Crippen LogP contribution in [0.2, 0.25) is 0 Å². The number of carbonyl (C=O) groups excluding carboxylic acids is 2. The lowest BCUT2D eigenvalue weighted by Gasteiger charge is -2.19. The highest BCUT2D eigenvalue weighted by Gasteiger charge is 2.28. The number of rotatable bonds is 5. The number of aromatic nitrogens is 1. The summed E-state index contributed by atoms with van der Waals surface area (Å²) >= 11 is 0. The first-order chi connectivity index (χ1) is 12.5. The summed E-state index contributed by atoms with van der Waals surface area (Å²) in [4.78, 5) is 29.1. The van der Waals surface area contributed by atoms with E-state index in [1.54, 1.807) is 0 Å². The van der Waals surface area contributed by atoms with Gasteiger partial charge in [0.05, 0.1) is 16.8 Å². The van der Waals surface area contributed by atoms with Crippen molar-refractivity contribution >= 4 is 17.3 Å². The average Bonchev–Trinajstić information content (AvgIpc) is 3.04. The molecule has 6 heteroatoms. The zero-order valence-corrected chi connectivity index (χ0v) is 15.5. The maximum atomic E-state index is 12.4. The van der Waals surface area contributed by atoms with Crippen LogP contribution in [0.15, 0.2) is 20.8 Å². The predicted octanol–water partition coefficient (Wildman–Crippen LogP) is 3.93. The van der Waals surface area contributed by atoms with Crippen molar-refractivity contribution in [1.29, 1.82) is 0 Å². The molecule has 0 amide bonds. The van der Waals surface area contributed by atoms with Crippen molar-refractivity contribution in [2.75, 3.05) is 0 Å². The van der Waals surface area contributed by atoms with Crippen LogP contribution in [-0.2, 0) is 17.6 Å². The van der Waals surface area contributed by atoms with Gasteiger partial charge in [-0.15, -0.1) is 0 Å². The summed E-state index contributed by atoms with van der Waals surface area (Å²) in [5.74, 6) is 0.712. The quantitative estimate of drug-likeness (QED) is 0.636. The summed E-state index contributed by atoms with van der Waals surface area (Å²) in [6, 6.07) is 0.124. The third kappa shape index (κ3) is 3.79. The minimum atomic E-state index is -0.0472. The summed E-state index contributed by atoms with van der Waals surface area (Å²) in [7, 11) is 0. The molecule has 1 aromatic heterocycles. The normalized spacial score (nSPS) is 22.5. The van der Waals surface area contributed by atoms with E-state index in [0.717, 1.165) is 25.7 Å². The molecule has 1 saturated carbocycles. The van der Waals surface area contributed by atoms with Crippen LogP contribution >= 0.6 is 0 Å². The Morgan fingerprint density at radius 3 is 2.69 bits per heavy atom. The Kier molecular flexibility index (Phi) is 5.69. The molecular weight excluding hydrogens is 332 g/mol. The van der Waals surface area contributed by atoms with E-state index in [4.69, 9.17) is 4.52 Å². The molecule has 2 aliphatic rings. The first-order valence-electron chi connectivity index (χ1n) is 9.54. The smallest absolute Gasteiger partial charge is 0.168 e. The Hall–Kier alpha value is -2.24. The molecule has 3 rings (SSSR count). The van der Waals surface area contributed by atoms with Crippen LogP contribution in [0.1, 0.15) is 80.6 Å².